The molecule has 1 rings (SSSR count). The lowest BCUT2D eigenvalue weighted by Crippen LogP contribution is -2.29. The lowest BCUT2D eigenvalue weighted by atomic mass is 10.3. The first-order valence-electron chi connectivity index (χ1n) is 5.67. The first-order chi connectivity index (χ1) is 7.96. The van der Waals surface area contributed by atoms with Crippen LogP contribution in [0.2, 0.25) is 0 Å². The summed E-state index contributed by atoms with van der Waals surface area (Å²) in [4.78, 5) is 2.35. The van der Waals surface area contributed by atoms with Crippen LogP contribution in [0.5, 0.6) is 0 Å². The molecule has 0 fully saturated rings. The van der Waals surface area contributed by atoms with E-state index >= 15 is 0 Å². The van der Waals surface area contributed by atoms with Gasteiger partial charge in [-0.25, -0.2) is 8.42 Å². The molecule has 96 valence electrons. The van der Waals surface area contributed by atoms with E-state index in [0.29, 0.717) is 4.90 Å². The number of para-hydroxylation sites is 1. The Morgan fingerprint density at radius 1 is 1.29 bits per heavy atom. The van der Waals surface area contributed by atoms with Gasteiger partial charge in [0.1, 0.15) is 0 Å². The van der Waals surface area contributed by atoms with Gasteiger partial charge in [-0.15, -0.1) is 0 Å². The molecule has 0 amide bonds. The van der Waals surface area contributed by atoms with E-state index in [-0.39, 0.29) is 0 Å². The molecular weight excluding hydrogens is 236 g/mol. The van der Waals surface area contributed by atoms with Crippen molar-refractivity contribution < 1.29 is 8.42 Å². The topological polar surface area (TPSA) is 49.4 Å². The first-order valence-corrected chi connectivity index (χ1v) is 7.57. The van der Waals surface area contributed by atoms with E-state index in [4.69, 9.17) is 0 Å². The van der Waals surface area contributed by atoms with Crippen LogP contribution < -0.4 is 10.2 Å². The summed E-state index contributed by atoms with van der Waals surface area (Å²) in [7, 11) is -1.27. The van der Waals surface area contributed by atoms with Crippen LogP contribution in [0.25, 0.3) is 0 Å². The van der Waals surface area contributed by atoms with E-state index in [9.17, 15) is 8.42 Å². The summed E-state index contributed by atoms with van der Waals surface area (Å²) in [5.41, 5.74) is 0.757. The number of benzene rings is 1. The molecule has 0 atom stereocenters. The summed E-state index contributed by atoms with van der Waals surface area (Å²) < 4.78 is 23.3. The predicted octanol–water partition coefficient (Wildman–Crippen LogP) is 1.14. The molecular formula is C12H20N2O2S. The number of hydrogen-bond donors (Lipinski definition) is 1. The minimum Gasteiger partial charge on any atom is -0.372 e. The highest BCUT2D eigenvalue weighted by molar-refractivity contribution is 7.90. The Kier molecular flexibility index (Phi) is 4.96. The van der Waals surface area contributed by atoms with Crippen LogP contribution in [0.1, 0.15) is 6.92 Å². The SMILES string of the molecule is CCNCCN(C)c1ccccc1S(C)(=O)=O. The molecule has 0 spiro atoms. The molecule has 0 saturated heterocycles. The van der Waals surface area contributed by atoms with Crippen molar-refractivity contribution in [3.05, 3.63) is 24.3 Å². The Morgan fingerprint density at radius 2 is 1.94 bits per heavy atom. The fourth-order valence-electron chi connectivity index (χ4n) is 1.63. The van der Waals surface area contributed by atoms with Gasteiger partial charge in [0.25, 0.3) is 0 Å². The Labute approximate surface area is 104 Å². The number of sulfone groups is 1. The summed E-state index contributed by atoms with van der Waals surface area (Å²) in [5.74, 6) is 0. The Morgan fingerprint density at radius 3 is 2.53 bits per heavy atom. The lowest BCUT2D eigenvalue weighted by molar-refractivity contribution is 0.601. The monoisotopic (exact) mass is 256 g/mol. The van der Waals surface area contributed by atoms with Gasteiger partial charge in [0.05, 0.1) is 10.6 Å². The smallest absolute Gasteiger partial charge is 0.177 e. The van der Waals surface area contributed by atoms with Crippen molar-refractivity contribution in [2.75, 3.05) is 37.8 Å². The third kappa shape index (κ3) is 4.02. The number of nitrogens with one attached hydrogen (secondary N) is 1. The molecule has 17 heavy (non-hydrogen) atoms. The zero-order valence-electron chi connectivity index (χ0n) is 10.6. The van der Waals surface area contributed by atoms with Gasteiger partial charge in [-0.1, -0.05) is 19.1 Å². The van der Waals surface area contributed by atoms with Crippen molar-refractivity contribution in [2.45, 2.75) is 11.8 Å². The molecule has 1 aromatic rings. The zero-order chi connectivity index (χ0) is 12.9. The van der Waals surface area contributed by atoms with Crippen LogP contribution in [0.15, 0.2) is 29.2 Å². The average molecular weight is 256 g/mol. The Balaban J connectivity index is 2.90. The molecule has 1 N–H and O–H groups in total. The van der Waals surface area contributed by atoms with Crippen LogP contribution in [-0.4, -0.2) is 41.4 Å². The molecule has 4 nitrogen and oxygen atoms in total. The van der Waals surface area contributed by atoms with E-state index in [1.807, 2.05) is 31.0 Å². The minimum atomic E-state index is -3.17. The highest BCUT2D eigenvalue weighted by Gasteiger charge is 2.14. The first kappa shape index (κ1) is 14.0. The molecule has 1 aromatic carbocycles. The second-order valence-electron chi connectivity index (χ2n) is 4.01. The highest BCUT2D eigenvalue weighted by Crippen LogP contribution is 2.23. The van der Waals surface area contributed by atoms with Crippen LogP contribution >= 0.6 is 0 Å². The zero-order valence-corrected chi connectivity index (χ0v) is 11.4. The maximum atomic E-state index is 11.6. The molecule has 0 aromatic heterocycles. The van der Waals surface area contributed by atoms with Crippen LogP contribution in [0.4, 0.5) is 5.69 Å². The van der Waals surface area contributed by atoms with Crippen LogP contribution in [0, 0.1) is 0 Å². The molecule has 0 saturated carbocycles. The van der Waals surface area contributed by atoms with Gasteiger partial charge in [-0.05, 0) is 18.7 Å². The van der Waals surface area contributed by atoms with Crippen LogP contribution in [0.3, 0.4) is 0 Å². The van der Waals surface area contributed by atoms with Crippen molar-refractivity contribution in [3.63, 3.8) is 0 Å². The molecule has 0 aliphatic heterocycles. The van der Waals surface area contributed by atoms with Gasteiger partial charge >= 0.3 is 0 Å². The summed E-state index contributed by atoms with van der Waals surface area (Å²) in [6.07, 6.45) is 1.24. The quantitative estimate of drug-likeness (QED) is 0.775. The van der Waals surface area contributed by atoms with Crippen LogP contribution in [-0.2, 0) is 9.84 Å². The van der Waals surface area contributed by atoms with Gasteiger partial charge in [-0.2, -0.15) is 0 Å². The van der Waals surface area contributed by atoms with E-state index < -0.39 is 9.84 Å². The number of nitrogens with zero attached hydrogens (tertiary/aromatic N) is 1. The molecule has 0 radical (unpaired) electrons. The largest absolute Gasteiger partial charge is 0.372 e. The summed E-state index contributed by atoms with van der Waals surface area (Å²) >= 11 is 0. The summed E-state index contributed by atoms with van der Waals surface area (Å²) in [6, 6.07) is 7.09. The summed E-state index contributed by atoms with van der Waals surface area (Å²) in [6.45, 7) is 4.58. The second kappa shape index (κ2) is 6.02. The van der Waals surface area contributed by atoms with Crippen molar-refractivity contribution in [1.29, 1.82) is 0 Å². The maximum Gasteiger partial charge on any atom is 0.177 e. The Hall–Kier alpha value is -1.07. The van der Waals surface area contributed by atoms with Gasteiger partial charge in [0, 0.05) is 26.4 Å². The normalized spacial score (nSPS) is 11.5. The molecule has 0 aliphatic carbocycles. The number of anilines is 1. The third-order valence-electron chi connectivity index (χ3n) is 2.55. The second-order valence-corrected chi connectivity index (χ2v) is 6.00. The molecule has 0 heterocycles. The number of rotatable bonds is 6. The predicted molar refractivity (Wildman–Crippen MR) is 71.4 cm³/mol. The van der Waals surface area contributed by atoms with Gasteiger partial charge in [-0.3, -0.25) is 0 Å². The van der Waals surface area contributed by atoms with E-state index in [0.717, 1.165) is 25.3 Å². The fourth-order valence-corrected chi connectivity index (χ4v) is 2.56. The minimum absolute atomic E-state index is 0.388. The molecule has 0 unspecified atom stereocenters. The van der Waals surface area contributed by atoms with E-state index in [2.05, 4.69) is 5.32 Å². The van der Waals surface area contributed by atoms with Crippen molar-refractivity contribution in [2.24, 2.45) is 0 Å². The van der Waals surface area contributed by atoms with Gasteiger partial charge in [0.15, 0.2) is 9.84 Å². The van der Waals surface area contributed by atoms with Crippen molar-refractivity contribution >= 4 is 15.5 Å². The molecule has 0 bridgehead atoms. The van der Waals surface area contributed by atoms with Gasteiger partial charge < -0.3 is 10.2 Å². The Bertz CT molecular complexity index is 457. The maximum absolute atomic E-state index is 11.6. The van der Waals surface area contributed by atoms with E-state index in [1.54, 1.807) is 12.1 Å². The van der Waals surface area contributed by atoms with Crippen molar-refractivity contribution in [1.82, 2.24) is 5.32 Å². The number of hydrogen-bond acceptors (Lipinski definition) is 4. The van der Waals surface area contributed by atoms with Crippen molar-refractivity contribution in [3.8, 4) is 0 Å². The fraction of sp³-hybridized carbons (Fsp3) is 0.500. The van der Waals surface area contributed by atoms with E-state index in [1.165, 1.54) is 6.26 Å². The lowest BCUT2D eigenvalue weighted by Gasteiger charge is -2.21. The third-order valence-corrected chi connectivity index (χ3v) is 3.69. The molecule has 0 aliphatic rings. The average Bonchev–Trinajstić information content (AvgIpc) is 2.28. The number of likely N-dealkylation sites (N-methyl/N-ethyl adjacent to an activating group) is 2. The molecule has 5 heteroatoms. The standard InChI is InChI=1S/C12H20N2O2S/c1-4-13-9-10-14(2)11-7-5-6-8-12(11)17(3,15)16/h5-8,13H,4,9-10H2,1-3H3. The van der Waals surface area contributed by atoms with Gasteiger partial charge in [0.2, 0.25) is 0 Å². The highest BCUT2D eigenvalue weighted by atomic mass is 32.2. The summed E-state index contributed by atoms with van der Waals surface area (Å²) in [5, 5.41) is 3.22.